The fraction of sp³-hybridized carbons (Fsp3) is 0.286. The summed E-state index contributed by atoms with van der Waals surface area (Å²) in [5.41, 5.74) is 5.27. The van der Waals surface area contributed by atoms with Gasteiger partial charge in [0.05, 0.1) is 11.4 Å². The predicted octanol–water partition coefficient (Wildman–Crippen LogP) is 4.36. The molecule has 0 fully saturated rings. The van der Waals surface area contributed by atoms with Gasteiger partial charge >= 0.3 is 0 Å². The van der Waals surface area contributed by atoms with Crippen molar-refractivity contribution in [2.24, 2.45) is 0 Å². The third-order valence-electron chi connectivity index (χ3n) is 4.24. The number of carbonyl (C=O) groups excluding carboxylic acids is 1. The van der Waals surface area contributed by atoms with E-state index in [4.69, 9.17) is 5.10 Å². The minimum absolute atomic E-state index is 0.115. The number of aromatic nitrogens is 3. The number of hydrogen-bond donors (Lipinski definition) is 0. The molecule has 2 heterocycles. The molecule has 0 N–H and O–H groups in total. The first kappa shape index (κ1) is 17.1. The summed E-state index contributed by atoms with van der Waals surface area (Å²) >= 11 is 0. The van der Waals surface area contributed by atoms with Crippen molar-refractivity contribution in [2.75, 3.05) is 0 Å². The summed E-state index contributed by atoms with van der Waals surface area (Å²) in [7, 11) is 0. The van der Waals surface area contributed by atoms with E-state index in [1.165, 1.54) is 5.56 Å². The summed E-state index contributed by atoms with van der Waals surface area (Å²) < 4.78 is 1.93. The molecule has 0 atom stereocenters. The Bertz CT molecular complexity index is 843. The van der Waals surface area contributed by atoms with Crippen LogP contribution in [0.15, 0.2) is 54.9 Å². The van der Waals surface area contributed by atoms with Gasteiger partial charge in [-0.15, -0.1) is 0 Å². The Balaban J connectivity index is 2.01. The quantitative estimate of drug-likeness (QED) is 0.652. The predicted molar refractivity (Wildman–Crippen MR) is 99.9 cm³/mol. The Morgan fingerprint density at radius 3 is 2.48 bits per heavy atom. The molecule has 1 aromatic carbocycles. The smallest absolute Gasteiger partial charge is 0.120 e. The van der Waals surface area contributed by atoms with Gasteiger partial charge in [0, 0.05) is 30.1 Å². The van der Waals surface area contributed by atoms with Crippen molar-refractivity contribution >= 4 is 6.29 Å². The van der Waals surface area contributed by atoms with Gasteiger partial charge < -0.3 is 4.79 Å². The van der Waals surface area contributed by atoms with Gasteiger partial charge in [0.1, 0.15) is 6.29 Å². The number of benzene rings is 1. The highest BCUT2D eigenvalue weighted by molar-refractivity contribution is 5.59. The summed E-state index contributed by atoms with van der Waals surface area (Å²) in [4.78, 5) is 15.0. The average Bonchev–Trinajstić information content (AvgIpc) is 3.04. The molecule has 4 heteroatoms. The molecule has 25 heavy (non-hydrogen) atoms. The number of aryl methyl sites for hydroxylation is 1. The van der Waals surface area contributed by atoms with Crippen molar-refractivity contribution in [3.63, 3.8) is 0 Å². The van der Waals surface area contributed by atoms with Crippen molar-refractivity contribution in [1.29, 1.82) is 0 Å². The molecule has 2 aromatic heterocycles. The van der Waals surface area contributed by atoms with Crippen molar-refractivity contribution in [2.45, 2.75) is 39.0 Å². The van der Waals surface area contributed by atoms with E-state index in [0.29, 0.717) is 12.8 Å². The molecule has 3 rings (SSSR count). The highest BCUT2D eigenvalue weighted by Gasteiger charge is 2.15. The zero-order chi connectivity index (χ0) is 17.9. The molecule has 0 radical (unpaired) electrons. The molecular formula is C21H23N3O. The van der Waals surface area contributed by atoms with Crippen LogP contribution in [0.5, 0.6) is 0 Å². The summed E-state index contributed by atoms with van der Waals surface area (Å²) in [6.07, 6.45) is 5.65. The highest BCUT2D eigenvalue weighted by atomic mass is 16.1. The second-order valence-electron chi connectivity index (χ2n) is 7.18. The minimum Gasteiger partial charge on any atom is -0.303 e. The van der Waals surface area contributed by atoms with E-state index >= 15 is 0 Å². The molecule has 0 bridgehead atoms. The van der Waals surface area contributed by atoms with Crippen LogP contribution in [0.1, 0.15) is 38.4 Å². The van der Waals surface area contributed by atoms with Gasteiger partial charge in [0.25, 0.3) is 0 Å². The Morgan fingerprint density at radius 2 is 1.88 bits per heavy atom. The van der Waals surface area contributed by atoms with Crippen molar-refractivity contribution in [1.82, 2.24) is 14.8 Å². The van der Waals surface area contributed by atoms with Crippen molar-refractivity contribution in [3.05, 3.63) is 66.1 Å². The second kappa shape index (κ2) is 7.01. The lowest BCUT2D eigenvalue weighted by Crippen LogP contribution is -2.11. The van der Waals surface area contributed by atoms with E-state index in [0.717, 1.165) is 28.9 Å². The van der Waals surface area contributed by atoms with Gasteiger partial charge in [-0.3, -0.25) is 4.98 Å². The van der Waals surface area contributed by atoms with Gasteiger partial charge in [-0.05, 0) is 47.7 Å². The van der Waals surface area contributed by atoms with Gasteiger partial charge in [-0.2, -0.15) is 5.10 Å². The topological polar surface area (TPSA) is 47.8 Å². The third-order valence-corrected chi connectivity index (χ3v) is 4.24. The van der Waals surface area contributed by atoms with Crippen LogP contribution in [0.4, 0.5) is 0 Å². The molecule has 0 saturated heterocycles. The van der Waals surface area contributed by atoms with E-state index in [1.807, 2.05) is 22.9 Å². The zero-order valence-electron chi connectivity index (χ0n) is 14.9. The molecule has 0 aliphatic heterocycles. The summed E-state index contributed by atoms with van der Waals surface area (Å²) in [6.45, 7) is 6.60. The standard InChI is InChI=1S/C21H23N3O/c1-21(2,3)17-8-10-18(11-9-17)24-19(7-5-13-25)14-20(23-24)16-6-4-12-22-15-16/h4,6,8-15H,5,7H2,1-3H3. The van der Waals surface area contributed by atoms with E-state index in [1.54, 1.807) is 12.4 Å². The van der Waals surface area contributed by atoms with Gasteiger partial charge in [-0.1, -0.05) is 32.9 Å². The maximum absolute atomic E-state index is 10.8. The molecule has 3 aromatic rings. The lowest BCUT2D eigenvalue weighted by molar-refractivity contribution is -0.107. The fourth-order valence-corrected chi connectivity index (χ4v) is 2.79. The summed E-state index contributed by atoms with van der Waals surface area (Å²) in [6, 6.07) is 14.4. The first-order valence-electron chi connectivity index (χ1n) is 8.53. The normalized spacial score (nSPS) is 11.5. The van der Waals surface area contributed by atoms with Crippen LogP contribution in [0.25, 0.3) is 16.9 Å². The summed E-state index contributed by atoms with van der Waals surface area (Å²) in [5, 5.41) is 4.76. The first-order valence-corrected chi connectivity index (χ1v) is 8.53. The molecule has 0 spiro atoms. The molecule has 4 nitrogen and oxygen atoms in total. The first-order chi connectivity index (χ1) is 12.0. The molecule has 0 saturated carbocycles. The molecule has 128 valence electrons. The molecule has 0 amide bonds. The van der Waals surface area contributed by atoms with Crippen LogP contribution in [-0.2, 0) is 16.6 Å². The number of nitrogens with zero attached hydrogens (tertiary/aromatic N) is 3. The number of rotatable bonds is 5. The number of hydrogen-bond acceptors (Lipinski definition) is 3. The van der Waals surface area contributed by atoms with Crippen LogP contribution in [0, 0.1) is 0 Å². The van der Waals surface area contributed by atoms with Crippen LogP contribution in [0.3, 0.4) is 0 Å². The maximum atomic E-state index is 10.8. The number of pyridine rings is 1. The Kier molecular flexibility index (Phi) is 4.79. The summed E-state index contributed by atoms with van der Waals surface area (Å²) in [5.74, 6) is 0. The molecule has 0 aliphatic rings. The van der Waals surface area contributed by atoms with E-state index < -0.39 is 0 Å². The fourth-order valence-electron chi connectivity index (χ4n) is 2.79. The van der Waals surface area contributed by atoms with E-state index in [9.17, 15) is 4.79 Å². The lowest BCUT2D eigenvalue weighted by Gasteiger charge is -2.19. The maximum Gasteiger partial charge on any atom is 0.120 e. The Labute approximate surface area is 148 Å². The van der Waals surface area contributed by atoms with Gasteiger partial charge in [-0.25, -0.2) is 4.68 Å². The molecular weight excluding hydrogens is 310 g/mol. The number of carbonyl (C=O) groups is 1. The van der Waals surface area contributed by atoms with E-state index in [-0.39, 0.29) is 5.41 Å². The minimum atomic E-state index is 0.115. The lowest BCUT2D eigenvalue weighted by atomic mass is 9.87. The average molecular weight is 333 g/mol. The SMILES string of the molecule is CC(C)(C)c1ccc(-n2nc(-c3cccnc3)cc2CCC=O)cc1. The van der Waals surface area contributed by atoms with Crippen LogP contribution in [-0.4, -0.2) is 21.1 Å². The van der Waals surface area contributed by atoms with Crippen molar-refractivity contribution < 1.29 is 4.79 Å². The Hall–Kier alpha value is -2.75. The second-order valence-corrected chi connectivity index (χ2v) is 7.18. The van der Waals surface area contributed by atoms with Gasteiger partial charge in [0.15, 0.2) is 0 Å². The van der Waals surface area contributed by atoms with Crippen LogP contribution < -0.4 is 0 Å². The third kappa shape index (κ3) is 3.85. The molecule has 0 aliphatic carbocycles. The zero-order valence-corrected chi connectivity index (χ0v) is 14.9. The van der Waals surface area contributed by atoms with E-state index in [2.05, 4.69) is 50.0 Å². The Morgan fingerprint density at radius 1 is 1.12 bits per heavy atom. The van der Waals surface area contributed by atoms with Crippen LogP contribution in [0.2, 0.25) is 0 Å². The molecule has 0 unspecified atom stereocenters. The number of aldehydes is 1. The monoisotopic (exact) mass is 333 g/mol. The highest BCUT2D eigenvalue weighted by Crippen LogP contribution is 2.25. The van der Waals surface area contributed by atoms with Crippen molar-refractivity contribution in [3.8, 4) is 16.9 Å². The van der Waals surface area contributed by atoms with Gasteiger partial charge in [0.2, 0.25) is 0 Å². The van der Waals surface area contributed by atoms with Crippen LogP contribution >= 0.6 is 0 Å². The largest absolute Gasteiger partial charge is 0.303 e.